The van der Waals surface area contributed by atoms with Crippen molar-refractivity contribution < 1.29 is 19.1 Å². The van der Waals surface area contributed by atoms with Crippen LogP contribution in [-0.2, 0) is 9.47 Å². The van der Waals surface area contributed by atoms with Gasteiger partial charge in [0.25, 0.3) is 5.91 Å². The van der Waals surface area contributed by atoms with Crippen LogP contribution in [0.5, 0.6) is 0 Å². The van der Waals surface area contributed by atoms with Gasteiger partial charge in [-0.1, -0.05) is 32.6 Å². The Bertz CT molecular complexity index is 592. The highest BCUT2D eigenvalue weighted by atomic mass is 35.5. The molecule has 0 bridgehead atoms. The Morgan fingerprint density at radius 1 is 1.07 bits per heavy atom. The number of amides is 2. The quantitative estimate of drug-likeness (QED) is 0.526. The molecule has 0 unspecified atom stereocenters. The number of nitrogens with one attached hydrogen (secondary N) is 2. The van der Waals surface area contributed by atoms with Crippen LogP contribution in [0.3, 0.4) is 0 Å². The fourth-order valence-electron chi connectivity index (χ4n) is 2.98. The van der Waals surface area contributed by atoms with Gasteiger partial charge in [0, 0.05) is 37.4 Å². The first-order chi connectivity index (χ1) is 13.7. The second kappa shape index (κ2) is 15.1. The summed E-state index contributed by atoms with van der Waals surface area (Å²) in [5, 5.41) is 5.61. The normalized spacial score (nSPS) is 14.0. The van der Waals surface area contributed by atoms with Crippen molar-refractivity contribution in [3.8, 4) is 0 Å². The Kier molecular flexibility index (Phi) is 13.1. The minimum Gasteiger partial charge on any atom is -0.449 e. The highest BCUT2D eigenvalue weighted by Gasteiger charge is 2.11. The van der Waals surface area contributed by atoms with Gasteiger partial charge in [-0.3, -0.25) is 15.0 Å². The van der Waals surface area contributed by atoms with Gasteiger partial charge in [-0.15, -0.1) is 12.4 Å². The molecule has 29 heavy (non-hydrogen) atoms. The Labute approximate surface area is 179 Å². The zero-order valence-corrected chi connectivity index (χ0v) is 18.1. The van der Waals surface area contributed by atoms with Gasteiger partial charge in [0.15, 0.2) is 0 Å². The zero-order chi connectivity index (χ0) is 20.0. The van der Waals surface area contributed by atoms with Crippen LogP contribution in [0, 0.1) is 0 Å². The van der Waals surface area contributed by atoms with Gasteiger partial charge >= 0.3 is 6.09 Å². The molecular formula is C21H34ClN3O4. The smallest absolute Gasteiger partial charge is 0.411 e. The number of hydrogen-bond donors (Lipinski definition) is 2. The first kappa shape index (κ1) is 25.2. The molecule has 1 heterocycles. The largest absolute Gasteiger partial charge is 0.449 e. The van der Waals surface area contributed by atoms with E-state index in [-0.39, 0.29) is 18.3 Å². The number of hydrogen-bond acceptors (Lipinski definition) is 5. The molecule has 0 saturated carbocycles. The molecule has 0 aromatic heterocycles. The molecule has 2 rings (SSSR count). The van der Waals surface area contributed by atoms with Crippen molar-refractivity contribution in [2.24, 2.45) is 0 Å². The maximum absolute atomic E-state index is 12.2. The first-order valence-corrected chi connectivity index (χ1v) is 10.3. The molecule has 164 valence electrons. The third-order valence-electron chi connectivity index (χ3n) is 4.69. The molecule has 2 amide bonds. The van der Waals surface area contributed by atoms with E-state index < -0.39 is 6.09 Å². The average Bonchev–Trinajstić information content (AvgIpc) is 2.72. The lowest BCUT2D eigenvalue weighted by atomic mass is 10.2. The molecule has 1 saturated heterocycles. The number of morpholine rings is 1. The van der Waals surface area contributed by atoms with Crippen LogP contribution in [0.2, 0.25) is 0 Å². The molecule has 2 N–H and O–H groups in total. The minimum atomic E-state index is -0.460. The van der Waals surface area contributed by atoms with Crippen molar-refractivity contribution in [2.45, 2.75) is 39.0 Å². The maximum Gasteiger partial charge on any atom is 0.411 e. The molecule has 0 atom stereocenters. The van der Waals surface area contributed by atoms with Gasteiger partial charge in [0.2, 0.25) is 0 Å². The molecule has 1 aliphatic rings. The number of carbonyl (C=O) groups is 2. The zero-order valence-electron chi connectivity index (χ0n) is 17.3. The van der Waals surface area contributed by atoms with Crippen molar-refractivity contribution in [3.05, 3.63) is 29.8 Å². The summed E-state index contributed by atoms with van der Waals surface area (Å²) in [5.41, 5.74) is 1.18. The van der Waals surface area contributed by atoms with Gasteiger partial charge in [-0.25, -0.2) is 4.79 Å². The third kappa shape index (κ3) is 10.5. The summed E-state index contributed by atoms with van der Waals surface area (Å²) in [6.45, 7) is 7.34. The summed E-state index contributed by atoms with van der Waals surface area (Å²) < 4.78 is 10.5. The van der Waals surface area contributed by atoms with Crippen LogP contribution in [0.15, 0.2) is 24.3 Å². The van der Waals surface area contributed by atoms with Crippen LogP contribution >= 0.6 is 12.4 Å². The molecule has 1 aliphatic heterocycles. The second-order valence-electron chi connectivity index (χ2n) is 6.96. The minimum absolute atomic E-state index is 0. The second-order valence-corrected chi connectivity index (χ2v) is 6.96. The molecule has 1 aromatic carbocycles. The number of rotatable bonds is 11. The monoisotopic (exact) mass is 427 g/mol. The molecule has 1 fully saturated rings. The predicted octanol–water partition coefficient (Wildman–Crippen LogP) is 3.69. The number of ether oxygens (including phenoxy) is 2. The number of anilines is 1. The van der Waals surface area contributed by atoms with Crippen LogP contribution < -0.4 is 10.6 Å². The molecule has 0 radical (unpaired) electrons. The number of nitrogens with zero attached hydrogens (tertiary/aromatic N) is 1. The van der Waals surface area contributed by atoms with Crippen molar-refractivity contribution >= 4 is 30.1 Å². The summed E-state index contributed by atoms with van der Waals surface area (Å²) in [7, 11) is 0. The highest BCUT2D eigenvalue weighted by Crippen LogP contribution is 2.10. The van der Waals surface area contributed by atoms with E-state index in [0.717, 1.165) is 45.7 Å². The van der Waals surface area contributed by atoms with Gasteiger partial charge in [-0.05, 0) is 30.7 Å². The Morgan fingerprint density at radius 3 is 2.45 bits per heavy atom. The predicted molar refractivity (Wildman–Crippen MR) is 117 cm³/mol. The standard InChI is InChI=1S/C21H33N3O4.ClH/c1-2-3-4-5-6-15-28-21(26)23-19-9-7-18(8-10-19)20(25)22-11-12-24-13-16-27-17-14-24;/h7-10H,2-6,11-17H2,1H3,(H,22,25)(H,23,26);1H. The summed E-state index contributed by atoms with van der Waals surface area (Å²) in [5.74, 6) is -0.116. The lowest BCUT2D eigenvalue weighted by molar-refractivity contribution is 0.0383. The van der Waals surface area contributed by atoms with Crippen LogP contribution in [0.1, 0.15) is 49.4 Å². The van der Waals surface area contributed by atoms with E-state index in [1.807, 2.05) is 0 Å². The fraction of sp³-hybridized carbons (Fsp3) is 0.619. The number of unbranched alkanes of at least 4 members (excludes halogenated alkanes) is 4. The Morgan fingerprint density at radius 2 is 1.76 bits per heavy atom. The first-order valence-electron chi connectivity index (χ1n) is 10.3. The van der Waals surface area contributed by atoms with E-state index in [2.05, 4.69) is 22.5 Å². The van der Waals surface area contributed by atoms with Crippen molar-refractivity contribution in [3.63, 3.8) is 0 Å². The molecule has 0 aliphatic carbocycles. The number of halogens is 1. The fourth-order valence-corrected chi connectivity index (χ4v) is 2.98. The van der Waals surface area contributed by atoms with E-state index in [0.29, 0.717) is 24.4 Å². The van der Waals surface area contributed by atoms with Gasteiger partial charge in [0.05, 0.1) is 19.8 Å². The molecule has 7 nitrogen and oxygen atoms in total. The summed E-state index contributed by atoms with van der Waals surface area (Å²) >= 11 is 0. The highest BCUT2D eigenvalue weighted by molar-refractivity contribution is 5.95. The molecular weight excluding hydrogens is 394 g/mol. The number of benzene rings is 1. The maximum atomic E-state index is 12.2. The lowest BCUT2D eigenvalue weighted by Crippen LogP contribution is -2.41. The summed E-state index contributed by atoms with van der Waals surface area (Å²) in [6.07, 6.45) is 5.10. The van der Waals surface area contributed by atoms with Gasteiger partial charge in [-0.2, -0.15) is 0 Å². The van der Waals surface area contributed by atoms with Crippen molar-refractivity contribution in [2.75, 3.05) is 51.3 Å². The van der Waals surface area contributed by atoms with Crippen LogP contribution in [0.4, 0.5) is 10.5 Å². The third-order valence-corrected chi connectivity index (χ3v) is 4.69. The Balaban J connectivity index is 0.00000420. The summed E-state index contributed by atoms with van der Waals surface area (Å²) in [6, 6.07) is 6.81. The summed E-state index contributed by atoms with van der Waals surface area (Å²) in [4.78, 5) is 26.3. The van der Waals surface area contributed by atoms with Crippen molar-refractivity contribution in [1.29, 1.82) is 0 Å². The van der Waals surface area contributed by atoms with Gasteiger partial charge < -0.3 is 14.8 Å². The van der Waals surface area contributed by atoms with Crippen molar-refractivity contribution in [1.82, 2.24) is 10.2 Å². The molecule has 1 aromatic rings. The average molecular weight is 428 g/mol. The van der Waals surface area contributed by atoms with Gasteiger partial charge in [0.1, 0.15) is 0 Å². The van der Waals surface area contributed by atoms with E-state index in [1.165, 1.54) is 19.3 Å². The Hall–Kier alpha value is -1.83. The van der Waals surface area contributed by atoms with E-state index >= 15 is 0 Å². The van der Waals surface area contributed by atoms with E-state index in [9.17, 15) is 9.59 Å². The van der Waals surface area contributed by atoms with Crippen LogP contribution in [0.25, 0.3) is 0 Å². The number of carbonyl (C=O) groups excluding carboxylic acids is 2. The lowest BCUT2D eigenvalue weighted by Gasteiger charge is -2.26. The topological polar surface area (TPSA) is 79.9 Å². The molecule has 8 heteroatoms. The van der Waals surface area contributed by atoms with E-state index in [4.69, 9.17) is 9.47 Å². The van der Waals surface area contributed by atoms with E-state index in [1.54, 1.807) is 24.3 Å². The molecule has 0 spiro atoms. The van der Waals surface area contributed by atoms with Crippen LogP contribution in [-0.4, -0.2) is 62.9 Å². The SMILES string of the molecule is CCCCCCCOC(=O)Nc1ccc(C(=O)NCCN2CCOCC2)cc1.Cl.